The minimum atomic E-state index is -0.331. The van der Waals surface area contributed by atoms with Crippen LogP contribution in [-0.4, -0.2) is 58.2 Å². The van der Waals surface area contributed by atoms with Crippen LogP contribution in [0.2, 0.25) is 0 Å². The smallest absolute Gasteiger partial charge is 0.317 e. The lowest BCUT2D eigenvalue weighted by Gasteiger charge is -2.39. The van der Waals surface area contributed by atoms with E-state index >= 15 is 0 Å². The zero-order chi connectivity index (χ0) is 21.1. The quantitative estimate of drug-likeness (QED) is 0.703. The van der Waals surface area contributed by atoms with Crippen molar-refractivity contribution in [2.45, 2.75) is 43.8 Å². The van der Waals surface area contributed by atoms with Crippen LogP contribution in [0.4, 0.5) is 9.18 Å². The van der Waals surface area contributed by atoms with Crippen LogP contribution in [0.3, 0.4) is 0 Å². The number of urea groups is 1. The minimum Gasteiger partial charge on any atom is -0.395 e. The number of carbonyl (C=O) groups excluding carboxylic acids is 2. The van der Waals surface area contributed by atoms with Gasteiger partial charge in [0.15, 0.2) is 0 Å². The third kappa shape index (κ3) is 4.28. The third-order valence-corrected chi connectivity index (χ3v) is 5.84. The van der Waals surface area contributed by atoms with E-state index in [2.05, 4.69) is 15.6 Å². The molecule has 0 saturated carbocycles. The number of hydrogen-bond donors (Lipinski definition) is 3. The van der Waals surface area contributed by atoms with Crippen LogP contribution < -0.4 is 10.6 Å². The van der Waals surface area contributed by atoms with Gasteiger partial charge in [-0.15, -0.1) is 0 Å². The first kappa shape index (κ1) is 20.3. The molecule has 2 aromatic rings. The molecule has 0 spiro atoms. The number of aliphatic hydroxyl groups is 1. The van der Waals surface area contributed by atoms with Gasteiger partial charge in [0.05, 0.1) is 17.9 Å². The summed E-state index contributed by atoms with van der Waals surface area (Å²) in [6.45, 7) is 0.160. The van der Waals surface area contributed by atoms with E-state index in [1.807, 2.05) is 4.90 Å². The van der Waals surface area contributed by atoms with Crippen LogP contribution in [0.15, 0.2) is 42.6 Å². The Bertz CT molecular complexity index is 907. The molecule has 3 amide bonds. The minimum absolute atomic E-state index is 0.000197. The third-order valence-electron chi connectivity index (χ3n) is 5.84. The second-order valence-corrected chi connectivity index (χ2v) is 7.83. The molecule has 0 aliphatic carbocycles. The fraction of sp³-hybridized carbons (Fsp3) is 0.409. The summed E-state index contributed by atoms with van der Waals surface area (Å²) in [6, 6.07) is 9.63. The Kier molecular flexibility index (Phi) is 5.94. The van der Waals surface area contributed by atoms with Gasteiger partial charge < -0.3 is 20.6 Å². The highest BCUT2D eigenvalue weighted by molar-refractivity contribution is 5.94. The molecule has 30 heavy (non-hydrogen) atoms. The summed E-state index contributed by atoms with van der Waals surface area (Å²) in [5.74, 6) is -0.530. The van der Waals surface area contributed by atoms with Gasteiger partial charge in [-0.1, -0.05) is 12.1 Å². The van der Waals surface area contributed by atoms with E-state index in [1.165, 1.54) is 18.3 Å². The molecule has 3 N–H and O–H groups in total. The summed E-state index contributed by atoms with van der Waals surface area (Å²) < 4.78 is 13.4. The molecule has 8 heteroatoms. The van der Waals surface area contributed by atoms with Gasteiger partial charge in [-0.05, 0) is 49.9 Å². The van der Waals surface area contributed by atoms with E-state index in [9.17, 15) is 14.0 Å². The summed E-state index contributed by atoms with van der Waals surface area (Å²) in [5, 5.41) is 14.7. The van der Waals surface area contributed by atoms with Crippen LogP contribution in [0.1, 0.15) is 36.0 Å². The van der Waals surface area contributed by atoms with Gasteiger partial charge in [-0.3, -0.25) is 9.78 Å². The van der Waals surface area contributed by atoms with E-state index in [0.29, 0.717) is 29.7 Å². The maximum atomic E-state index is 13.4. The predicted octanol–water partition coefficient (Wildman–Crippen LogP) is 2.31. The van der Waals surface area contributed by atoms with Crippen molar-refractivity contribution in [3.05, 3.63) is 54.0 Å². The first-order valence-corrected chi connectivity index (χ1v) is 10.2. The van der Waals surface area contributed by atoms with Gasteiger partial charge in [0.1, 0.15) is 5.82 Å². The van der Waals surface area contributed by atoms with Crippen molar-refractivity contribution in [2.75, 3.05) is 13.2 Å². The molecule has 2 fully saturated rings. The number of nitrogens with zero attached hydrogens (tertiary/aromatic N) is 2. The van der Waals surface area contributed by atoms with Crippen molar-refractivity contribution < 1.29 is 19.1 Å². The van der Waals surface area contributed by atoms with E-state index in [1.54, 1.807) is 24.3 Å². The van der Waals surface area contributed by atoms with Crippen LogP contribution in [0.25, 0.3) is 11.3 Å². The molecule has 0 unspecified atom stereocenters. The topological polar surface area (TPSA) is 94.6 Å². The van der Waals surface area contributed by atoms with Crippen LogP contribution in [0.5, 0.6) is 0 Å². The lowest BCUT2D eigenvalue weighted by atomic mass is 9.97. The number of aliphatic hydroxyl groups excluding tert-OH is 1. The normalized spacial score (nSPS) is 22.6. The molecule has 2 bridgehead atoms. The number of amides is 3. The Morgan fingerprint density at radius 1 is 1.17 bits per heavy atom. The summed E-state index contributed by atoms with van der Waals surface area (Å²) in [4.78, 5) is 31.2. The molecule has 1 aromatic carbocycles. The van der Waals surface area contributed by atoms with Crippen LogP contribution in [-0.2, 0) is 0 Å². The Hall–Kier alpha value is -3.00. The molecule has 4 rings (SSSR count). The molecule has 3 atom stereocenters. The number of rotatable bonds is 5. The number of aromatic nitrogens is 1. The second-order valence-electron chi connectivity index (χ2n) is 7.83. The average Bonchev–Trinajstić information content (AvgIpc) is 3.02. The summed E-state index contributed by atoms with van der Waals surface area (Å²) in [5.41, 5.74) is 1.71. The summed E-state index contributed by atoms with van der Waals surface area (Å²) >= 11 is 0. The van der Waals surface area contributed by atoms with E-state index in [0.717, 1.165) is 12.8 Å². The molecule has 1 aromatic heterocycles. The van der Waals surface area contributed by atoms with Gasteiger partial charge in [0, 0.05) is 36.4 Å². The van der Waals surface area contributed by atoms with Crippen molar-refractivity contribution >= 4 is 11.9 Å². The number of pyridine rings is 1. The highest BCUT2D eigenvalue weighted by atomic mass is 19.1. The van der Waals surface area contributed by atoms with Crippen LogP contribution >= 0.6 is 0 Å². The van der Waals surface area contributed by atoms with Gasteiger partial charge in [0.25, 0.3) is 5.91 Å². The Morgan fingerprint density at radius 2 is 1.93 bits per heavy atom. The predicted molar refractivity (Wildman–Crippen MR) is 109 cm³/mol. The standard InChI is InChI=1S/C22H25FN4O3/c23-16-3-1-2-14(10-16)20-7-4-15(13-25-20)21(29)26-17-11-18-5-6-19(12-17)27(18)22(30)24-8-9-28/h1-4,7,10,13,17-19,28H,5-6,8-9,11-12H2,(H,24,30)(H,26,29)/t17-,18-,19+. The number of piperidine rings is 1. The number of halogens is 1. The molecule has 3 heterocycles. The fourth-order valence-corrected chi connectivity index (χ4v) is 4.50. The molecule has 2 aliphatic heterocycles. The number of hydrogen-bond acceptors (Lipinski definition) is 4. The monoisotopic (exact) mass is 412 g/mol. The SMILES string of the molecule is O=C(N[C@@H]1C[C@H]2CC[C@@H](C1)N2C(=O)NCCO)c1ccc(-c2cccc(F)c2)nc1. The number of fused-ring (bicyclic) bond motifs is 2. The Morgan fingerprint density at radius 3 is 2.57 bits per heavy atom. The van der Waals surface area contributed by atoms with E-state index in [4.69, 9.17) is 5.11 Å². The van der Waals surface area contributed by atoms with Gasteiger partial charge >= 0.3 is 6.03 Å². The number of nitrogens with one attached hydrogen (secondary N) is 2. The summed E-state index contributed by atoms with van der Waals surface area (Å²) in [7, 11) is 0. The first-order valence-electron chi connectivity index (χ1n) is 10.2. The van der Waals surface area contributed by atoms with Crippen molar-refractivity contribution in [2.24, 2.45) is 0 Å². The largest absolute Gasteiger partial charge is 0.395 e. The maximum absolute atomic E-state index is 13.4. The summed E-state index contributed by atoms with van der Waals surface area (Å²) in [6.07, 6.45) is 4.77. The lowest BCUT2D eigenvalue weighted by Crippen LogP contribution is -2.55. The highest BCUT2D eigenvalue weighted by Gasteiger charge is 2.43. The lowest BCUT2D eigenvalue weighted by molar-refractivity contribution is 0.0883. The molecule has 2 aliphatic rings. The van der Waals surface area contributed by atoms with E-state index < -0.39 is 0 Å². The number of carbonyl (C=O) groups is 2. The van der Waals surface area contributed by atoms with Crippen molar-refractivity contribution in [3.63, 3.8) is 0 Å². The molecule has 158 valence electrons. The Balaban J connectivity index is 1.36. The highest BCUT2D eigenvalue weighted by Crippen LogP contribution is 2.35. The van der Waals surface area contributed by atoms with Crippen molar-refractivity contribution in [1.82, 2.24) is 20.5 Å². The van der Waals surface area contributed by atoms with Crippen molar-refractivity contribution in [1.29, 1.82) is 0 Å². The van der Waals surface area contributed by atoms with Crippen LogP contribution in [0, 0.1) is 5.82 Å². The second kappa shape index (κ2) is 8.79. The fourth-order valence-electron chi connectivity index (χ4n) is 4.50. The van der Waals surface area contributed by atoms with Gasteiger partial charge in [-0.2, -0.15) is 0 Å². The Labute approximate surface area is 174 Å². The zero-order valence-corrected chi connectivity index (χ0v) is 16.6. The average molecular weight is 412 g/mol. The molecule has 0 radical (unpaired) electrons. The molecule has 7 nitrogen and oxygen atoms in total. The van der Waals surface area contributed by atoms with Gasteiger partial charge in [0.2, 0.25) is 0 Å². The maximum Gasteiger partial charge on any atom is 0.317 e. The van der Waals surface area contributed by atoms with E-state index in [-0.39, 0.29) is 49.0 Å². The molecular weight excluding hydrogens is 387 g/mol. The zero-order valence-electron chi connectivity index (χ0n) is 16.6. The molecule has 2 saturated heterocycles. The van der Waals surface area contributed by atoms with Gasteiger partial charge in [-0.25, -0.2) is 9.18 Å². The first-order chi connectivity index (χ1) is 14.5. The van der Waals surface area contributed by atoms with Crippen molar-refractivity contribution in [3.8, 4) is 11.3 Å². The molecular formula is C22H25FN4O3. The number of benzene rings is 1.